The maximum atomic E-state index is 10.8. The van der Waals surface area contributed by atoms with Crippen LogP contribution >= 0.6 is 11.8 Å². The molecule has 7 nitrogen and oxygen atoms in total. The highest BCUT2D eigenvalue weighted by Crippen LogP contribution is 2.28. The fourth-order valence-electron chi connectivity index (χ4n) is 1.59. The summed E-state index contributed by atoms with van der Waals surface area (Å²) >= 11 is 1.55. The first kappa shape index (κ1) is 13.4. The van der Waals surface area contributed by atoms with Gasteiger partial charge >= 0.3 is 0 Å². The van der Waals surface area contributed by atoms with Crippen LogP contribution in [-0.4, -0.2) is 14.5 Å². The average molecular weight is 279 g/mol. The molecule has 0 spiro atoms. The molecular weight excluding hydrogens is 266 g/mol. The maximum Gasteiger partial charge on any atom is 0.293 e. The van der Waals surface area contributed by atoms with Crippen molar-refractivity contribution in [3.05, 3.63) is 46.3 Å². The number of nitro groups is 1. The van der Waals surface area contributed by atoms with Gasteiger partial charge in [0.25, 0.3) is 5.69 Å². The molecule has 1 heterocycles. The van der Waals surface area contributed by atoms with Gasteiger partial charge in [0.15, 0.2) is 5.16 Å². The van der Waals surface area contributed by atoms with Crippen molar-refractivity contribution in [3.8, 4) is 0 Å². The molecule has 0 amide bonds. The van der Waals surface area contributed by atoms with Crippen LogP contribution < -0.4 is 11.3 Å². The SMILES string of the molecule is Cn1ccnc1SCc1ccc([N+](=O)[O-])c(NN)c1. The summed E-state index contributed by atoms with van der Waals surface area (Å²) in [6, 6.07) is 4.84. The number of hydrogen-bond donors (Lipinski definition) is 2. The van der Waals surface area contributed by atoms with E-state index in [0.29, 0.717) is 11.4 Å². The lowest BCUT2D eigenvalue weighted by atomic mass is 10.2. The first-order valence-corrected chi connectivity index (χ1v) is 6.44. The molecule has 0 aliphatic carbocycles. The van der Waals surface area contributed by atoms with E-state index in [2.05, 4.69) is 10.4 Å². The Kier molecular flexibility index (Phi) is 4.03. The Hall–Kier alpha value is -2.06. The molecule has 8 heteroatoms. The average Bonchev–Trinajstić information content (AvgIpc) is 2.81. The number of nitrogens with two attached hydrogens (primary N) is 1. The summed E-state index contributed by atoms with van der Waals surface area (Å²) in [5.41, 5.74) is 3.56. The highest BCUT2D eigenvalue weighted by Gasteiger charge is 2.13. The monoisotopic (exact) mass is 279 g/mol. The van der Waals surface area contributed by atoms with Crippen molar-refractivity contribution in [3.63, 3.8) is 0 Å². The molecule has 19 heavy (non-hydrogen) atoms. The van der Waals surface area contributed by atoms with E-state index < -0.39 is 4.92 Å². The zero-order valence-electron chi connectivity index (χ0n) is 10.2. The van der Waals surface area contributed by atoms with Crippen molar-refractivity contribution in [2.45, 2.75) is 10.9 Å². The summed E-state index contributed by atoms with van der Waals surface area (Å²) in [7, 11) is 1.91. The molecular formula is C11H13N5O2S. The van der Waals surface area contributed by atoms with E-state index in [1.807, 2.05) is 17.8 Å². The molecule has 0 radical (unpaired) electrons. The number of nitrogen functional groups attached to an aromatic ring is 1. The van der Waals surface area contributed by atoms with Crippen molar-refractivity contribution in [1.82, 2.24) is 9.55 Å². The molecule has 1 aromatic heterocycles. The van der Waals surface area contributed by atoms with Gasteiger partial charge in [-0.25, -0.2) is 4.98 Å². The third kappa shape index (κ3) is 3.04. The number of imidazole rings is 1. The molecule has 0 bridgehead atoms. The van der Waals surface area contributed by atoms with Crippen molar-refractivity contribution < 1.29 is 4.92 Å². The Morgan fingerprint density at radius 2 is 2.37 bits per heavy atom. The molecule has 100 valence electrons. The third-order valence-corrected chi connectivity index (χ3v) is 3.69. The minimum atomic E-state index is -0.467. The largest absolute Gasteiger partial charge is 0.329 e. The standard InChI is InChI=1S/C11H13N5O2S/c1-15-5-4-13-11(15)19-7-8-2-3-10(16(17)18)9(6-8)14-12/h2-6,14H,7,12H2,1H3. The Labute approximate surface area is 113 Å². The number of hydrazine groups is 1. The molecule has 2 aromatic rings. The van der Waals surface area contributed by atoms with E-state index >= 15 is 0 Å². The second kappa shape index (κ2) is 5.72. The van der Waals surface area contributed by atoms with Gasteiger partial charge in [0, 0.05) is 31.3 Å². The van der Waals surface area contributed by atoms with Gasteiger partial charge in [-0.05, 0) is 11.6 Å². The molecule has 0 aliphatic rings. The van der Waals surface area contributed by atoms with Crippen LogP contribution in [0.4, 0.5) is 11.4 Å². The smallest absolute Gasteiger partial charge is 0.293 e. The lowest BCUT2D eigenvalue weighted by molar-refractivity contribution is -0.384. The van der Waals surface area contributed by atoms with Crippen LogP contribution in [0.3, 0.4) is 0 Å². The van der Waals surface area contributed by atoms with Crippen molar-refractivity contribution in [2.24, 2.45) is 12.9 Å². The van der Waals surface area contributed by atoms with Crippen LogP contribution in [0.15, 0.2) is 35.7 Å². The van der Waals surface area contributed by atoms with Gasteiger partial charge in [-0.2, -0.15) is 0 Å². The Balaban J connectivity index is 2.13. The Morgan fingerprint density at radius 1 is 1.58 bits per heavy atom. The predicted molar refractivity (Wildman–Crippen MR) is 73.7 cm³/mol. The molecule has 0 fully saturated rings. The fourth-order valence-corrected chi connectivity index (χ4v) is 2.46. The van der Waals surface area contributed by atoms with Gasteiger partial charge in [0.1, 0.15) is 5.69 Å². The van der Waals surface area contributed by atoms with E-state index in [9.17, 15) is 10.1 Å². The molecule has 0 unspecified atom stereocenters. The van der Waals surface area contributed by atoms with Gasteiger partial charge in [-0.1, -0.05) is 17.8 Å². The number of nitrogens with one attached hydrogen (secondary N) is 1. The van der Waals surface area contributed by atoms with Crippen molar-refractivity contribution >= 4 is 23.1 Å². The minimum Gasteiger partial charge on any atom is -0.329 e. The number of nitro benzene ring substituents is 1. The molecule has 0 saturated carbocycles. The topological polar surface area (TPSA) is 99.0 Å². The number of hydrogen-bond acceptors (Lipinski definition) is 6. The molecule has 0 atom stereocenters. The second-order valence-electron chi connectivity index (χ2n) is 3.86. The van der Waals surface area contributed by atoms with Crippen LogP contribution in [0.2, 0.25) is 0 Å². The number of nitrogens with zero attached hydrogens (tertiary/aromatic N) is 3. The Bertz CT molecular complexity index is 599. The number of thioether (sulfide) groups is 1. The number of aryl methyl sites for hydroxylation is 1. The molecule has 1 aromatic carbocycles. The van der Waals surface area contributed by atoms with Gasteiger partial charge in [0.05, 0.1) is 4.92 Å². The van der Waals surface area contributed by atoms with Gasteiger partial charge in [-0.15, -0.1) is 0 Å². The summed E-state index contributed by atoms with van der Waals surface area (Å²) in [6.07, 6.45) is 3.59. The number of benzene rings is 1. The highest BCUT2D eigenvalue weighted by atomic mass is 32.2. The summed E-state index contributed by atoms with van der Waals surface area (Å²) in [5.74, 6) is 5.96. The van der Waals surface area contributed by atoms with Crippen LogP contribution in [0.5, 0.6) is 0 Å². The van der Waals surface area contributed by atoms with E-state index in [-0.39, 0.29) is 5.69 Å². The maximum absolute atomic E-state index is 10.8. The number of anilines is 1. The summed E-state index contributed by atoms with van der Waals surface area (Å²) in [6.45, 7) is 0. The van der Waals surface area contributed by atoms with Crippen LogP contribution in [0.1, 0.15) is 5.56 Å². The normalized spacial score (nSPS) is 10.4. The molecule has 0 aliphatic heterocycles. The predicted octanol–water partition coefficient (Wildman–Crippen LogP) is 1.91. The van der Waals surface area contributed by atoms with Crippen LogP contribution in [0, 0.1) is 10.1 Å². The van der Waals surface area contributed by atoms with E-state index in [1.165, 1.54) is 6.07 Å². The fraction of sp³-hybridized carbons (Fsp3) is 0.182. The first-order chi connectivity index (χ1) is 9.11. The number of aromatic nitrogens is 2. The van der Waals surface area contributed by atoms with E-state index in [0.717, 1.165) is 10.7 Å². The number of rotatable bonds is 5. The molecule has 2 rings (SSSR count). The summed E-state index contributed by atoms with van der Waals surface area (Å²) in [4.78, 5) is 14.5. The highest BCUT2D eigenvalue weighted by molar-refractivity contribution is 7.98. The van der Waals surface area contributed by atoms with Crippen molar-refractivity contribution in [2.75, 3.05) is 5.43 Å². The molecule has 3 N–H and O–H groups in total. The van der Waals surface area contributed by atoms with Crippen LogP contribution in [-0.2, 0) is 12.8 Å². The second-order valence-corrected chi connectivity index (χ2v) is 4.80. The lowest BCUT2D eigenvalue weighted by Crippen LogP contribution is -2.09. The van der Waals surface area contributed by atoms with E-state index in [1.54, 1.807) is 30.1 Å². The third-order valence-electron chi connectivity index (χ3n) is 2.56. The quantitative estimate of drug-likeness (QED) is 0.375. The van der Waals surface area contributed by atoms with Crippen molar-refractivity contribution in [1.29, 1.82) is 0 Å². The van der Waals surface area contributed by atoms with Gasteiger partial charge < -0.3 is 9.99 Å². The van der Waals surface area contributed by atoms with Crippen LogP contribution in [0.25, 0.3) is 0 Å². The Morgan fingerprint density at radius 3 is 2.95 bits per heavy atom. The lowest BCUT2D eigenvalue weighted by Gasteiger charge is -2.06. The summed E-state index contributed by atoms with van der Waals surface area (Å²) in [5, 5.41) is 11.7. The minimum absolute atomic E-state index is 0.0340. The molecule has 0 saturated heterocycles. The zero-order valence-corrected chi connectivity index (χ0v) is 11.1. The van der Waals surface area contributed by atoms with E-state index in [4.69, 9.17) is 5.84 Å². The van der Waals surface area contributed by atoms with Gasteiger partial charge in [0.2, 0.25) is 0 Å². The first-order valence-electron chi connectivity index (χ1n) is 5.46. The zero-order chi connectivity index (χ0) is 13.8. The summed E-state index contributed by atoms with van der Waals surface area (Å²) < 4.78 is 1.91. The van der Waals surface area contributed by atoms with Gasteiger partial charge in [-0.3, -0.25) is 16.0 Å².